The van der Waals surface area contributed by atoms with Crippen LogP contribution in [0.1, 0.15) is 65.7 Å². The molecule has 0 aromatic carbocycles. The van der Waals surface area contributed by atoms with Crippen LogP contribution in [0, 0.1) is 17.8 Å². The van der Waals surface area contributed by atoms with E-state index in [9.17, 15) is 0 Å². The van der Waals surface area contributed by atoms with E-state index in [1.807, 2.05) is 0 Å². The van der Waals surface area contributed by atoms with E-state index in [2.05, 4.69) is 20.8 Å². The van der Waals surface area contributed by atoms with Gasteiger partial charge in [0.1, 0.15) is 0 Å². The Balaban J connectivity index is 0.000000184. The van der Waals surface area contributed by atoms with Gasteiger partial charge >= 0.3 is 0 Å². The number of fused-ring (bicyclic) bond motifs is 3. The lowest BCUT2D eigenvalue weighted by molar-refractivity contribution is 0.111. The maximum Gasteiger partial charge on any atom is -0.0388 e. The molecule has 0 N–H and O–H groups in total. The maximum absolute atomic E-state index is 2.44. The van der Waals surface area contributed by atoms with Crippen LogP contribution in [0.15, 0.2) is 0 Å². The Kier molecular flexibility index (Phi) is 4.83. The molecule has 0 aromatic heterocycles. The molecule has 0 spiro atoms. The van der Waals surface area contributed by atoms with Gasteiger partial charge in [0, 0.05) is 0 Å². The van der Waals surface area contributed by atoms with Gasteiger partial charge in [0.2, 0.25) is 0 Å². The minimum Gasteiger partial charge on any atom is -0.0654 e. The minimum atomic E-state index is 1.07. The molecule has 3 fully saturated rings. The smallest absolute Gasteiger partial charge is 0.0388 e. The van der Waals surface area contributed by atoms with Crippen LogP contribution in [-0.4, -0.2) is 0 Å². The average molecular weight is 182 g/mol. The first-order chi connectivity index (χ1) is 6.27. The predicted molar refractivity (Wildman–Crippen MR) is 59.8 cm³/mol. The third-order valence-electron chi connectivity index (χ3n) is 3.90. The van der Waals surface area contributed by atoms with E-state index in [0.717, 1.165) is 17.8 Å². The normalized spacial score (nSPS) is 36.7. The first kappa shape index (κ1) is 11.1. The Hall–Kier alpha value is 0. The van der Waals surface area contributed by atoms with E-state index in [0.29, 0.717) is 0 Å². The van der Waals surface area contributed by atoms with E-state index < -0.39 is 0 Å². The Morgan fingerprint density at radius 2 is 1.46 bits per heavy atom. The fourth-order valence-electron chi connectivity index (χ4n) is 2.71. The molecule has 13 heavy (non-hydrogen) atoms. The Bertz CT molecular complexity index is 118. The van der Waals surface area contributed by atoms with Gasteiger partial charge in [-0.15, -0.1) is 0 Å². The van der Waals surface area contributed by atoms with Crippen LogP contribution < -0.4 is 0 Å². The number of hydrogen-bond acceptors (Lipinski definition) is 0. The zero-order chi connectivity index (χ0) is 9.68. The van der Waals surface area contributed by atoms with Crippen molar-refractivity contribution in [3.63, 3.8) is 0 Å². The Morgan fingerprint density at radius 1 is 0.923 bits per heavy atom. The van der Waals surface area contributed by atoms with Crippen LogP contribution in [0.25, 0.3) is 0 Å². The van der Waals surface area contributed by atoms with Crippen molar-refractivity contribution < 1.29 is 0 Å². The maximum atomic E-state index is 2.44. The topological polar surface area (TPSA) is 0 Å². The number of hydrogen-bond donors (Lipinski definition) is 0. The second-order valence-corrected chi connectivity index (χ2v) is 4.99. The third kappa shape index (κ3) is 3.32. The average Bonchev–Trinajstić information content (AvgIpc) is 2.20. The van der Waals surface area contributed by atoms with Gasteiger partial charge in [-0.25, -0.2) is 0 Å². The SMILES string of the molecule is CC1CC2CCC1CC2.CCCC. The van der Waals surface area contributed by atoms with Crippen LogP contribution in [0.3, 0.4) is 0 Å². The van der Waals surface area contributed by atoms with Crippen LogP contribution in [0.2, 0.25) is 0 Å². The lowest BCUT2D eigenvalue weighted by Crippen LogP contribution is -2.29. The highest BCUT2D eigenvalue weighted by Crippen LogP contribution is 2.44. The number of rotatable bonds is 1. The lowest BCUT2D eigenvalue weighted by atomic mass is 9.65. The van der Waals surface area contributed by atoms with E-state index in [1.54, 1.807) is 32.1 Å². The predicted octanol–water partition coefficient (Wildman–Crippen LogP) is 4.64. The van der Waals surface area contributed by atoms with Crippen molar-refractivity contribution in [3.8, 4) is 0 Å². The molecule has 0 radical (unpaired) electrons. The van der Waals surface area contributed by atoms with Gasteiger partial charge in [-0.05, 0) is 37.0 Å². The fourth-order valence-corrected chi connectivity index (χ4v) is 2.71. The Morgan fingerprint density at radius 3 is 1.62 bits per heavy atom. The van der Waals surface area contributed by atoms with Crippen molar-refractivity contribution >= 4 is 0 Å². The van der Waals surface area contributed by atoms with E-state index in [1.165, 1.54) is 12.8 Å². The van der Waals surface area contributed by atoms with Crippen LogP contribution >= 0.6 is 0 Å². The number of unbranched alkanes of at least 4 members (excludes halogenated alkanes) is 1. The summed E-state index contributed by atoms with van der Waals surface area (Å²) in [5.74, 6) is 3.32. The summed E-state index contributed by atoms with van der Waals surface area (Å²) in [5.41, 5.74) is 0. The largest absolute Gasteiger partial charge is 0.0654 e. The van der Waals surface area contributed by atoms with Gasteiger partial charge < -0.3 is 0 Å². The summed E-state index contributed by atoms with van der Waals surface area (Å²) in [6, 6.07) is 0. The standard InChI is InChI=1S/C9H16.C4H10/c1-7-6-8-2-4-9(7)5-3-8;1-3-4-2/h7-9H,2-6H2,1H3;3-4H2,1-2H3. The van der Waals surface area contributed by atoms with E-state index in [4.69, 9.17) is 0 Å². The summed E-state index contributed by atoms with van der Waals surface area (Å²) >= 11 is 0. The summed E-state index contributed by atoms with van der Waals surface area (Å²) in [7, 11) is 0. The Labute approximate surface area is 84.1 Å². The van der Waals surface area contributed by atoms with Crippen molar-refractivity contribution in [2.75, 3.05) is 0 Å². The lowest BCUT2D eigenvalue weighted by Gasteiger charge is -2.40. The quantitative estimate of drug-likeness (QED) is 0.554. The van der Waals surface area contributed by atoms with Gasteiger partial charge in [-0.2, -0.15) is 0 Å². The van der Waals surface area contributed by atoms with Crippen LogP contribution in [-0.2, 0) is 0 Å². The zero-order valence-electron chi connectivity index (χ0n) is 9.68. The molecule has 3 rings (SSSR count). The molecule has 0 saturated heterocycles. The third-order valence-corrected chi connectivity index (χ3v) is 3.90. The molecule has 1 atom stereocenters. The molecule has 0 aliphatic heterocycles. The molecular formula is C13H26. The summed E-state index contributed by atoms with van der Waals surface area (Å²) in [6.07, 6.45) is 10.4. The van der Waals surface area contributed by atoms with Gasteiger partial charge in [-0.3, -0.25) is 0 Å². The van der Waals surface area contributed by atoms with Gasteiger partial charge in [0.25, 0.3) is 0 Å². The molecule has 1 unspecified atom stereocenters. The second-order valence-electron chi connectivity index (χ2n) is 4.99. The monoisotopic (exact) mass is 182 g/mol. The van der Waals surface area contributed by atoms with Gasteiger partial charge in [0.15, 0.2) is 0 Å². The van der Waals surface area contributed by atoms with Crippen molar-refractivity contribution in [2.45, 2.75) is 65.7 Å². The summed E-state index contributed by atoms with van der Waals surface area (Å²) in [4.78, 5) is 0. The molecule has 0 aromatic rings. The highest BCUT2D eigenvalue weighted by atomic mass is 14.4. The molecule has 0 heteroatoms. The first-order valence-electron chi connectivity index (χ1n) is 6.27. The molecule has 2 bridgehead atoms. The molecule has 3 aliphatic carbocycles. The highest BCUT2D eigenvalue weighted by Gasteiger charge is 2.32. The fraction of sp³-hybridized carbons (Fsp3) is 1.00. The molecule has 3 aliphatic rings. The van der Waals surface area contributed by atoms with E-state index in [-0.39, 0.29) is 0 Å². The van der Waals surface area contributed by atoms with Crippen LogP contribution in [0.5, 0.6) is 0 Å². The zero-order valence-corrected chi connectivity index (χ0v) is 9.68. The van der Waals surface area contributed by atoms with Crippen molar-refractivity contribution in [1.82, 2.24) is 0 Å². The van der Waals surface area contributed by atoms with Crippen molar-refractivity contribution in [2.24, 2.45) is 17.8 Å². The molecule has 0 heterocycles. The molecule has 3 saturated carbocycles. The second kappa shape index (κ2) is 5.67. The minimum absolute atomic E-state index is 1.07. The van der Waals surface area contributed by atoms with Crippen molar-refractivity contribution in [3.05, 3.63) is 0 Å². The van der Waals surface area contributed by atoms with Crippen LogP contribution in [0.4, 0.5) is 0 Å². The molecule has 78 valence electrons. The first-order valence-corrected chi connectivity index (χ1v) is 6.27. The summed E-state index contributed by atoms with van der Waals surface area (Å²) in [6.45, 7) is 6.80. The van der Waals surface area contributed by atoms with Gasteiger partial charge in [0.05, 0.1) is 0 Å². The molecule has 0 nitrogen and oxygen atoms in total. The highest BCUT2D eigenvalue weighted by molar-refractivity contribution is 4.83. The summed E-state index contributed by atoms with van der Waals surface area (Å²) in [5, 5.41) is 0. The van der Waals surface area contributed by atoms with Crippen molar-refractivity contribution in [1.29, 1.82) is 0 Å². The molecule has 0 amide bonds. The van der Waals surface area contributed by atoms with Gasteiger partial charge in [-0.1, -0.05) is 46.5 Å². The molecular weight excluding hydrogens is 156 g/mol. The summed E-state index contributed by atoms with van der Waals surface area (Å²) < 4.78 is 0. The van der Waals surface area contributed by atoms with E-state index >= 15 is 0 Å².